The summed E-state index contributed by atoms with van der Waals surface area (Å²) in [6.45, 7) is 11.6. The Hall–Kier alpha value is 0.177. The van der Waals surface area contributed by atoms with E-state index in [2.05, 4.69) is 33.9 Å². The van der Waals surface area contributed by atoms with Gasteiger partial charge in [-0.25, -0.2) is 0 Å². The Balaban J connectivity index is 2.77. The Morgan fingerprint density at radius 1 is 1.00 bits per heavy atom. The van der Waals surface area contributed by atoms with Gasteiger partial charge in [0, 0.05) is 0 Å². The van der Waals surface area contributed by atoms with Crippen molar-refractivity contribution >= 4 is 9.04 Å². The fourth-order valence-corrected chi connectivity index (χ4v) is 4.11. The highest BCUT2D eigenvalue weighted by molar-refractivity contribution is 6.48. The third kappa shape index (κ3) is 2.60. The van der Waals surface area contributed by atoms with Gasteiger partial charge in [0.25, 0.3) is 0 Å². The van der Waals surface area contributed by atoms with Crippen LogP contribution in [0.4, 0.5) is 0 Å². The molecule has 1 rings (SSSR count). The van der Waals surface area contributed by atoms with Gasteiger partial charge in [0.2, 0.25) is 0 Å². The van der Waals surface area contributed by atoms with Gasteiger partial charge in [0.05, 0.1) is 5.60 Å². The van der Waals surface area contributed by atoms with Crippen LogP contribution in [0, 0.1) is 5.41 Å². The summed E-state index contributed by atoms with van der Waals surface area (Å²) in [4.78, 5) is 0. The number of rotatable bonds is 2. The lowest BCUT2D eigenvalue weighted by Crippen LogP contribution is -2.49. The maximum absolute atomic E-state index is 6.38. The molecule has 0 radical (unpaired) electrons. The molecule has 0 aromatic rings. The van der Waals surface area contributed by atoms with Crippen molar-refractivity contribution in [2.45, 2.75) is 71.6 Å². The molecule has 1 aliphatic carbocycles. The lowest BCUT2D eigenvalue weighted by molar-refractivity contribution is -0.0637. The molecule has 1 aliphatic rings. The topological polar surface area (TPSA) is 9.23 Å². The first kappa shape index (κ1) is 12.2. The van der Waals surface area contributed by atoms with Gasteiger partial charge in [0.15, 0.2) is 9.04 Å². The zero-order valence-corrected chi connectivity index (χ0v) is 11.7. The highest BCUT2D eigenvalue weighted by atomic mass is 28.3. The molecule has 0 spiro atoms. The fraction of sp³-hybridized carbons (Fsp3) is 1.00. The predicted octanol–water partition coefficient (Wildman–Crippen LogP) is 3.74. The second-order valence-corrected chi connectivity index (χ2v) is 8.30. The first-order valence-corrected chi connectivity index (χ1v) is 8.83. The van der Waals surface area contributed by atoms with E-state index in [1.54, 1.807) is 0 Å². The summed E-state index contributed by atoms with van der Waals surface area (Å²) in [6.07, 6.45) is 6.68. The van der Waals surface area contributed by atoms with Gasteiger partial charge in [-0.1, -0.05) is 40.0 Å². The van der Waals surface area contributed by atoms with Crippen LogP contribution in [0.5, 0.6) is 0 Å². The Kier molecular flexibility index (Phi) is 3.81. The SMILES string of the molecule is C[SiH](C)OC1(C(C)(C)C)CCCCC1. The molecule has 0 heterocycles. The lowest BCUT2D eigenvalue weighted by atomic mass is 9.68. The Bertz CT molecular complexity index is 175. The van der Waals surface area contributed by atoms with E-state index in [4.69, 9.17) is 4.43 Å². The van der Waals surface area contributed by atoms with Gasteiger partial charge in [-0.05, 0) is 31.4 Å². The van der Waals surface area contributed by atoms with Gasteiger partial charge in [-0.15, -0.1) is 0 Å². The van der Waals surface area contributed by atoms with E-state index in [9.17, 15) is 0 Å². The fourth-order valence-electron chi connectivity index (χ4n) is 2.62. The van der Waals surface area contributed by atoms with Crippen molar-refractivity contribution in [3.05, 3.63) is 0 Å². The summed E-state index contributed by atoms with van der Waals surface area (Å²) in [5, 5.41) is 0. The average Bonchev–Trinajstić information content (AvgIpc) is 2.02. The molecular weight excluding hydrogens is 188 g/mol. The predicted molar refractivity (Wildman–Crippen MR) is 65.2 cm³/mol. The largest absolute Gasteiger partial charge is 0.415 e. The highest BCUT2D eigenvalue weighted by Gasteiger charge is 2.43. The molecule has 0 amide bonds. The van der Waals surface area contributed by atoms with Crippen LogP contribution in [0.15, 0.2) is 0 Å². The quantitative estimate of drug-likeness (QED) is 0.636. The first-order valence-electron chi connectivity index (χ1n) is 6.05. The molecule has 14 heavy (non-hydrogen) atoms. The smallest absolute Gasteiger partial charge is 0.171 e. The van der Waals surface area contributed by atoms with E-state index < -0.39 is 9.04 Å². The van der Waals surface area contributed by atoms with Crippen molar-refractivity contribution in [3.8, 4) is 0 Å². The minimum Gasteiger partial charge on any atom is -0.415 e. The van der Waals surface area contributed by atoms with E-state index >= 15 is 0 Å². The molecule has 1 saturated carbocycles. The van der Waals surface area contributed by atoms with Crippen LogP contribution in [-0.4, -0.2) is 14.6 Å². The molecule has 1 nitrogen and oxygen atoms in total. The van der Waals surface area contributed by atoms with E-state index in [0.29, 0.717) is 5.41 Å². The van der Waals surface area contributed by atoms with Gasteiger partial charge in [0.1, 0.15) is 0 Å². The third-order valence-corrected chi connectivity index (χ3v) is 4.41. The summed E-state index contributed by atoms with van der Waals surface area (Å²) in [5.74, 6) is 0. The summed E-state index contributed by atoms with van der Waals surface area (Å²) in [7, 11) is -0.911. The molecule has 2 heteroatoms. The van der Waals surface area contributed by atoms with Gasteiger partial charge in [-0.3, -0.25) is 0 Å². The highest BCUT2D eigenvalue weighted by Crippen LogP contribution is 2.45. The molecular formula is C12H26OSi. The molecule has 0 unspecified atom stereocenters. The molecule has 0 N–H and O–H groups in total. The molecule has 0 aliphatic heterocycles. The molecule has 0 atom stereocenters. The van der Waals surface area contributed by atoms with Crippen LogP contribution in [0.25, 0.3) is 0 Å². The van der Waals surface area contributed by atoms with Crippen LogP contribution >= 0.6 is 0 Å². The normalized spacial score (nSPS) is 22.7. The van der Waals surface area contributed by atoms with Crippen molar-refractivity contribution in [2.75, 3.05) is 0 Å². The standard InChI is InChI=1S/C12H26OSi/c1-11(2,3)12(13-14(4)5)9-7-6-8-10-12/h14H,6-10H2,1-5H3. The van der Waals surface area contributed by atoms with Crippen LogP contribution in [0.3, 0.4) is 0 Å². The monoisotopic (exact) mass is 214 g/mol. The minimum absolute atomic E-state index is 0.200. The number of hydrogen-bond acceptors (Lipinski definition) is 1. The zero-order valence-electron chi connectivity index (χ0n) is 10.5. The van der Waals surface area contributed by atoms with Crippen LogP contribution in [-0.2, 0) is 4.43 Å². The summed E-state index contributed by atoms with van der Waals surface area (Å²) >= 11 is 0. The van der Waals surface area contributed by atoms with Gasteiger partial charge in [-0.2, -0.15) is 0 Å². The third-order valence-electron chi connectivity index (χ3n) is 3.49. The number of hydrogen-bond donors (Lipinski definition) is 0. The van der Waals surface area contributed by atoms with Crippen LogP contribution < -0.4 is 0 Å². The summed E-state index contributed by atoms with van der Waals surface area (Å²) < 4.78 is 6.38. The summed E-state index contributed by atoms with van der Waals surface area (Å²) in [6, 6.07) is 0. The summed E-state index contributed by atoms with van der Waals surface area (Å²) in [5.41, 5.74) is 0.510. The van der Waals surface area contributed by atoms with Crippen molar-refractivity contribution < 1.29 is 4.43 Å². The van der Waals surface area contributed by atoms with E-state index in [-0.39, 0.29) is 5.60 Å². The Labute approximate surface area is 91.0 Å². The van der Waals surface area contributed by atoms with Crippen molar-refractivity contribution in [1.82, 2.24) is 0 Å². The molecule has 84 valence electrons. The Morgan fingerprint density at radius 3 is 1.86 bits per heavy atom. The molecule has 0 bridgehead atoms. The van der Waals surface area contributed by atoms with Gasteiger partial charge >= 0.3 is 0 Å². The van der Waals surface area contributed by atoms with E-state index in [1.165, 1.54) is 32.1 Å². The van der Waals surface area contributed by atoms with Crippen molar-refractivity contribution in [2.24, 2.45) is 5.41 Å². The second kappa shape index (κ2) is 4.36. The Morgan fingerprint density at radius 2 is 1.50 bits per heavy atom. The minimum atomic E-state index is -0.911. The van der Waals surface area contributed by atoms with Crippen LogP contribution in [0.1, 0.15) is 52.9 Å². The van der Waals surface area contributed by atoms with E-state index in [0.717, 1.165) is 0 Å². The molecule has 0 saturated heterocycles. The van der Waals surface area contributed by atoms with Gasteiger partial charge < -0.3 is 4.43 Å². The molecule has 0 aromatic carbocycles. The maximum atomic E-state index is 6.38. The zero-order chi connectivity index (χ0) is 10.8. The first-order chi connectivity index (χ1) is 6.37. The molecule has 1 fully saturated rings. The molecule has 0 aromatic heterocycles. The lowest BCUT2D eigenvalue weighted by Gasteiger charge is -2.48. The van der Waals surface area contributed by atoms with Crippen molar-refractivity contribution in [1.29, 1.82) is 0 Å². The maximum Gasteiger partial charge on any atom is 0.171 e. The van der Waals surface area contributed by atoms with E-state index in [1.807, 2.05) is 0 Å². The average molecular weight is 214 g/mol. The second-order valence-electron chi connectivity index (χ2n) is 5.97. The van der Waals surface area contributed by atoms with Crippen LogP contribution in [0.2, 0.25) is 13.1 Å². The van der Waals surface area contributed by atoms with Crippen molar-refractivity contribution in [3.63, 3.8) is 0 Å².